The summed E-state index contributed by atoms with van der Waals surface area (Å²) in [6.07, 6.45) is -9.87. The summed E-state index contributed by atoms with van der Waals surface area (Å²) in [5.74, 6) is -7.21. The maximum Gasteiger partial charge on any atom is 0.459 e. The number of hydrogen-bond donors (Lipinski definition) is 0. The lowest BCUT2D eigenvalue weighted by Gasteiger charge is -2.25. The Kier molecular flexibility index (Phi) is 10.3. The lowest BCUT2D eigenvalue weighted by molar-refractivity contribution is -0.292. The second-order valence-corrected chi connectivity index (χ2v) is 10.7. The van der Waals surface area contributed by atoms with Crippen LogP contribution in [-0.4, -0.2) is 47.0 Å². The van der Waals surface area contributed by atoms with Crippen LogP contribution in [0.25, 0.3) is 0 Å². The van der Waals surface area contributed by atoms with E-state index in [-0.39, 0.29) is 31.1 Å². The lowest BCUT2D eigenvalue weighted by atomic mass is 10.0. The molecule has 0 spiro atoms. The average Bonchev–Trinajstić information content (AvgIpc) is 3.50. The van der Waals surface area contributed by atoms with Gasteiger partial charge in [-0.2, -0.15) is 27.1 Å². The van der Waals surface area contributed by atoms with Crippen molar-refractivity contribution in [2.24, 2.45) is 7.05 Å². The monoisotopic (exact) mass is 634 g/mol. The van der Waals surface area contributed by atoms with E-state index in [1.807, 2.05) is 91.0 Å². The van der Waals surface area contributed by atoms with E-state index in [2.05, 4.69) is 5.10 Å². The van der Waals surface area contributed by atoms with E-state index >= 15 is 4.39 Å². The van der Waals surface area contributed by atoms with Crippen LogP contribution in [-0.2, 0) is 58.2 Å². The van der Waals surface area contributed by atoms with Gasteiger partial charge in [-0.1, -0.05) is 91.0 Å². The van der Waals surface area contributed by atoms with Gasteiger partial charge in [-0.25, -0.2) is 4.39 Å². The van der Waals surface area contributed by atoms with Gasteiger partial charge in [0.25, 0.3) is 0 Å². The van der Waals surface area contributed by atoms with E-state index in [0.29, 0.717) is 0 Å². The van der Waals surface area contributed by atoms with E-state index in [1.165, 1.54) is 0 Å². The molecule has 0 bridgehead atoms. The fraction of sp³-hybridized carbons (Fsp3) is 0.364. The van der Waals surface area contributed by atoms with E-state index in [4.69, 9.17) is 18.9 Å². The van der Waals surface area contributed by atoms with E-state index in [9.17, 15) is 22.0 Å². The van der Waals surface area contributed by atoms with Gasteiger partial charge >= 0.3 is 12.1 Å². The van der Waals surface area contributed by atoms with Gasteiger partial charge in [0.1, 0.15) is 24.0 Å². The topological polar surface area (TPSA) is 54.7 Å². The molecule has 0 radical (unpaired) electrons. The van der Waals surface area contributed by atoms with Gasteiger partial charge < -0.3 is 18.9 Å². The van der Waals surface area contributed by atoms with E-state index in [1.54, 1.807) is 0 Å². The SMILES string of the molecule is Cn1nc(C[C@@H]2O[C@H](COCc3ccccc3)[C@@H](OCc3ccccc3)[C@H]2OCc2ccccc2)c(F)c1C(F)(F)C(F)(F)F. The smallest absolute Gasteiger partial charge is 0.374 e. The van der Waals surface area contributed by atoms with Crippen molar-refractivity contribution < 1.29 is 45.3 Å². The fourth-order valence-corrected chi connectivity index (χ4v) is 5.26. The quantitative estimate of drug-likeness (QED) is 0.150. The number of nitrogens with zero attached hydrogens (tertiary/aromatic N) is 2. The molecule has 240 valence electrons. The zero-order chi connectivity index (χ0) is 32.0. The molecule has 45 heavy (non-hydrogen) atoms. The van der Waals surface area contributed by atoms with Crippen LogP contribution in [0.4, 0.5) is 26.3 Å². The summed E-state index contributed by atoms with van der Waals surface area (Å²) in [5.41, 5.74) is 0.116. The molecular weight excluding hydrogens is 602 g/mol. The van der Waals surface area contributed by atoms with Gasteiger partial charge in [0.2, 0.25) is 0 Å². The van der Waals surface area contributed by atoms with Crippen molar-refractivity contribution in [3.8, 4) is 0 Å². The number of halogens is 6. The average molecular weight is 635 g/mol. The first-order chi connectivity index (χ1) is 21.5. The van der Waals surface area contributed by atoms with Gasteiger partial charge in [0.05, 0.1) is 32.5 Å². The third-order valence-electron chi connectivity index (χ3n) is 7.47. The number of benzene rings is 3. The Morgan fingerprint density at radius 2 is 1.18 bits per heavy atom. The van der Waals surface area contributed by atoms with Crippen LogP contribution in [0, 0.1) is 5.82 Å². The Morgan fingerprint density at radius 1 is 0.711 bits per heavy atom. The Morgan fingerprint density at radius 3 is 1.67 bits per heavy atom. The van der Waals surface area contributed by atoms with Crippen LogP contribution >= 0.6 is 0 Å². The normalized spacial score (nSPS) is 20.5. The van der Waals surface area contributed by atoms with Gasteiger partial charge in [-0.05, 0) is 16.7 Å². The Hall–Kier alpha value is -3.71. The van der Waals surface area contributed by atoms with Crippen molar-refractivity contribution in [2.75, 3.05) is 6.61 Å². The van der Waals surface area contributed by atoms with Crippen molar-refractivity contribution in [1.29, 1.82) is 0 Å². The zero-order valence-corrected chi connectivity index (χ0v) is 24.3. The third-order valence-corrected chi connectivity index (χ3v) is 7.47. The second kappa shape index (κ2) is 14.2. The van der Waals surface area contributed by atoms with Crippen LogP contribution in [0.2, 0.25) is 0 Å². The second-order valence-electron chi connectivity index (χ2n) is 10.7. The molecule has 4 aromatic rings. The largest absolute Gasteiger partial charge is 0.459 e. The molecule has 2 heterocycles. The van der Waals surface area contributed by atoms with Gasteiger partial charge in [0.15, 0.2) is 11.5 Å². The van der Waals surface area contributed by atoms with Gasteiger partial charge in [0, 0.05) is 13.5 Å². The highest BCUT2D eigenvalue weighted by molar-refractivity contribution is 5.22. The molecule has 0 amide bonds. The summed E-state index contributed by atoms with van der Waals surface area (Å²) in [6.45, 7) is 0.577. The molecule has 5 rings (SSSR count). The van der Waals surface area contributed by atoms with Crippen LogP contribution in [0.1, 0.15) is 28.1 Å². The standard InChI is InChI=1S/C33H32F6N2O4/c1-41-31(32(35,36)33(37,38)39)28(34)25(40-41)17-26-29(43-19-23-13-7-3-8-14-23)30(44-20-24-15-9-4-10-16-24)27(45-26)21-42-18-22-11-5-2-6-12-22/h2-16,26-27,29-30H,17-21H2,1H3/t26-,27+,29-,30+/m0/s1. The predicted octanol–water partition coefficient (Wildman–Crippen LogP) is 6.91. The van der Waals surface area contributed by atoms with E-state index < -0.39 is 60.1 Å². The molecule has 0 aliphatic carbocycles. The van der Waals surface area contributed by atoms with Gasteiger partial charge in [-0.15, -0.1) is 0 Å². The Bertz CT molecular complexity index is 1500. The first kappa shape index (κ1) is 32.7. The Balaban J connectivity index is 1.42. The number of alkyl halides is 5. The molecule has 4 atom stereocenters. The summed E-state index contributed by atoms with van der Waals surface area (Å²) >= 11 is 0. The van der Waals surface area contributed by atoms with Crippen LogP contribution < -0.4 is 0 Å². The molecular formula is C33H32F6N2O4. The lowest BCUT2D eigenvalue weighted by Crippen LogP contribution is -2.39. The molecule has 12 heteroatoms. The van der Waals surface area contributed by atoms with Crippen molar-refractivity contribution >= 4 is 0 Å². The van der Waals surface area contributed by atoms with Crippen LogP contribution in [0.15, 0.2) is 91.0 Å². The maximum atomic E-state index is 15.3. The first-order valence-corrected chi connectivity index (χ1v) is 14.3. The van der Waals surface area contributed by atoms with Crippen molar-refractivity contribution in [3.63, 3.8) is 0 Å². The van der Waals surface area contributed by atoms with Crippen molar-refractivity contribution in [2.45, 2.75) is 62.8 Å². The molecule has 6 nitrogen and oxygen atoms in total. The van der Waals surface area contributed by atoms with Gasteiger partial charge in [-0.3, -0.25) is 4.68 Å². The maximum absolute atomic E-state index is 15.3. The molecule has 1 saturated heterocycles. The minimum absolute atomic E-state index is 0.0398. The number of hydrogen-bond acceptors (Lipinski definition) is 5. The van der Waals surface area contributed by atoms with Crippen LogP contribution in [0.5, 0.6) is 0 Å². The van der Waals surface area contributed by atoms with Crippen molar-refractivity contribution in [3.05, 3.63) is 125 Å². The predicted molar refractivity (Wildman–Crippen MR) is 152 cm³/mol. The molecule has 1 aromatic heterocycles. The third kappa shape index (κ3) is 7.75. The summed E-state index contributed by atoms with van der Waals surface area (Å²) in [7, 11) is 0.840. The van der Waals surface area contributed by atoms with E-state index in [0.717, 1.165) is 23.7 Å². The van der Waals surface area contributed by atoms with Crippen LogP contribution in [0.3, 0.4) is 0 Å². The minimum atomic E-state index is -6.01. The summed E-state index contributed by atoms with van der Waals surface area (Å²) in [4.78, 5) is 0. The number of rotatable bonds is 13. The number of aromatic nitrogens is 2. The Labute approximate surface area is 256 Å². The highest BCUT2D eigenvalue weighted by Gasteiger charge is 2.62. The van der Waals surface area contributed by atoms with Crippen molar-refractivity contribution in [1.82, 2.24) is 9.78 Å². The molecule has 0 unspecified atom stereocenters. The fourth-order valence-electron chi connectivity index (χ4n) is 5.26. The molecule has 1 aliphatic rings. The summed E-state index contributed by atoms with van der Waals surface area (Å²) in [6, 6.07) is 27.9. The minimum Gasteiger partial charge on any atom is -0.374 e. The highest BCUT2D eigenvalue weighted by Crippen LogP contribution is 2.45. The molecule has 0 saturated carbocycles. The summed E-state index contributed by atoms with van der Waals surface area (Å²) in [5, 5.41) is 3.71. The molecule has 0 N–H and O–H groups in total. The molecule has 3 aromatic carbocycles. The molecule has 1 aliphatic heterocycles. The molecule has 1 fully saturated rings. The summed E-state index contributed by atoms with van der Waals surface area (Å²) < 4.78 is 108. The number of aryl methyl sites for hydroxylation is 1. The zero-order valence-electron chi connectivity index (χ0n) is 24.3. The highest BCUT2D eigenvalue weighted by atomic mass is 19.4. The first-order valence-electron chi connectivity index (χ1n) is 14.3. The number of ether oxygens (including phenoxy) is 4.